The SMILES string of the molecule is CC(=O)C(=O)[C@]12CCC(C)(C)CC1C1[C@H](O)C[C@@H]3[C@@]4(C)CC[C@H](O)C(C)(C)[C@@H]4CC[C@@]3(C)[C@]1(C)CC2. The van der Waals surface area contributed by atoms with Crippen LogP contribution in [0.3, 0.4) is 0 Å². The number of carbonyl (C=O) groups excluding carboxylic acids is 2. The highest BCUT2D eigenvalue weighted by molar-refractivity contribution is 6.38. The molecule has 4 nitrogen and oxygen atoms in total. The van der Waals surface area contributed by atoms with E-state index in [0.717, 1.165) is 64.2 Å². The van der Waals surface area contributed by atoms with Crippen LogP contribution in [0.15, 0.2) is 0 Å². The fourth-order valence-electron chi connectivity index (χ4n) is 11.8. The molecule has 36 heavy (non-hydrogen) atoms. The summed E-state index contributed by atoms with van der Waals surface area (Å²) in [6.07, 6.45) is 8.59. The van der Waals surface area contributed by atoms with E-state index in [-0.39, 0.29) is 56.6 Å². The van der Waals surface area contributed by atoms with Gasteiger partial charge in [0.1, 0.15) is 0 Å². The minimum Gasteiger partial charge on any atom is -0.393 e. The molecule has 5 aliphatic carbocycles. The topological polar surface area (TPSA) is 74.6 Å². The molecule has 0 aromatic rings. The molecule has 0 spiro atoms. The van der Waals surface area contributed by atoms with Gasteiger partial charge >= 0.3 is 0 Å². The van der Waals surface area contributed by atoms with Gasteiger partial charge < -0.3 is 10.2 Å². The van der Waals surface area contributed by atoms with Crippen molar-refractivity contribution in [2.75, 3.05) is 0 Å². The molecule has 5 aliphatic rings. The molecule has 204 valence electrons. The second-order valence-corrected chi connectivity index (χ2v) is 16.2. The van der Waals surface area contributed by atoms with E-state index in [2.05, 4.69) is 48.5 Å². The lowest BCUT2D eigenvalue weighted by atomic mass is 9.30. The summed E-state index contributed by atoms with van der Waals surface area (Å²) < 4.78 is 0. The molecule has 0 radical (unpaired) electrons. The lowest BCUT2D eigenvalue weighted by Gasteiger charge is -2.74. The van der Waals surface area contributed by atoms with Gasteiger partial charge in [0.05, 0.1) is 12.2 Å². The Morgan fingerprint density at radius 3 is 2.03 bits per heavy atom. The summed E-state index contributed by atoms with van der Waals surface area (Å²) >= 11 is 0. The number of hydrogen-bond donors (Lipinski definition) is 2. The summed E-state index contributed by atoms with van der Waals surface area (Å²) in [6, 6.07) is 0. The Morgan fingerprint density at radius 1 is 0.750 bits per heavy atom. The van der Waals surface area contributed by atoms with E-state index in [1.54, 1.807) is 0 Å². The van der Waals surface area contributed by atoms with Crippen molar-refractivity contribution < 1.29 is 19.8 Å². The van der Waals surface area contributed by atoms with Crippen LogP contribution in [0, 0.1) is 56.2 Å². The Bertz CT molecular complexity index is 952. The number of carbonyl (C=O) groups is 2. The molecule has 0 heterocycles. The zero-order valence-corrected chi connectivity index (χ0v) is 24.2. The standard InChI is InChI=1S/C32H52O4/c1-19(33)26(36)32-15-13-27(2,3)18-20(32)25-21(34)17-23-29(6)11-10-24(35)28(4,5)22(29)9-12-30(23,7)31(25,8)14-16-32/h20-25,34-35H,9-18H2,1-8H3/t20?,21-,22+,23-,24+,25?,29+,30-,31-,32+/m1/s1. The highest BCUT2D eigenvalue weighted by Crippen LogP contribution is 2.77. The van der Waals surface area contributed by atoms with Gasteiger partial charge in [-0.1, -0.05) is 48.5 Å². The molecule has 10 atom stereocenters. The molecule has 5 rings (SSSR count). The molecule has 0 bridgehead atoms. The van der Waals surface area contributed by atoms with Gasteiger partial charge in [-0.05, 0) is 115 Å². The molecule has 5 fully saturated rings. The van der Waals surface area contributed by atoms with Crippen molar-refractivity contribution in [3.8, 4) is 0 Å². The maximum atomic E-state index is 13.6. The van der Waals surface area contributed by atoms with Gasteiger partial charge in [-0.3, -0.25) is 9.59 Å². The van der Waals surface area contributed by atoms with Gasteiger partial charge in [0.25, 0.3) is 0 Å². The number of hydrogen-bond acceptors (Lipinski definition) is 4. The fraction of sp³-hybridized carbons (Fsp3) is 0.938. The maximum Gasteiger partial charge on any atom is 0.204 e. The average molecular weight is 501 g/mol. The van der Waals surface area contributed by atoms with Gasteiger partial charge in [0.15, 0.2) is 5.78 Å². The van der Waals surface area contributed by atoms with Crippen LogP contribution in [0.2, 0.25) is 0 Å². The van der Waals surface area contributed by atoms with Crippen molar-refractivity contribution in [1.82, 2.24) is 0 Å². The molecule has 5 saturated carbocycles. The maximum absolute atomic E-state index is 13.6. The van der Waals surface area contributed by atoms with Crippen LogP contribution >= 0.6 is 0 Å². The van der Waals surface area contributed by atoms with Crippen LogP contribution in [0.5, 0.6) is 0 Å². The summed E-state index contributed by atoms with van der Waals surface area (Å²) in [4.78, 5) is 26.1. The zero-order valence-electron chi connectivity index (χ0n) is 24.2. The normalized spacial score (nSPS) is 53.3. The Morgan fingerprint density at radius 2 is 1.39 bits per heavy atom. The Hall–Kier alpha value is -0.740. The number of fused-ring (bicyclic) bond motifs is 7. The molecule has 0 saturated heterocycles. The van der Waals surface area contributed by atoms with Gasteiger partial charge in [-0.2, -0.15) is 0 Å². The van der Waals surface area contributed by atoms with Crippen LogP contribution in [0.4, 0.5) is 0 Å². The summed E-state index contributed by atoms with van der Waals surface area (Å²) in [5.41, 5.74) is -0.474. The van der Waals surface area contributed by atoms with Crippen LogP contribution in [0.1, 0.15) is 120 Å². The molecule has 0 aromatic carbocycles. The predicted octanol–water partition coefficient (Wildman–Crippen LogP) is 6.36. The van der Waals surface area contributed by atoms with Crippen molar-refractivity contribution >= 4 is 11.6 Å². The third kappa shape index (κ3) is 3.25. The van der Waals surface area contributed by atoms with Crippen LogP contribution in [-0.2, 0) is 9.59 Å². The van der Waals surface area contributed by atoms with Crippen LogP contribution in [0.25, 0.3) is 0 Å². The third-order valence-corrected chi connectivity index (χ3v) is 14.0. The molecule has 0 aromatic heterocycles. The average Bonchev–Trinajstić information content (AvgIpc) is 2.77. The molecule has 4 heteroatoms. The van der Waals surface area contributed by atoms with Gasteiger partial charge in [-0.15, -0.1) is 0 Å². The van der Waals surface area contributed by atoms with E-state index in [1.165, 1.54) is 6.92 Å². The molecule has 2 N–H and O–H groups in total. The van der Waals surface area contributed by atoms with E-state index in [0.29, 0.717) is 11.8 Å². The van der Waals surface area contributed by atoms with Crippen molar-refractivity contribution in [1.29, 1.82) is 0 Å². The quantitative estimate of drug-likeness (QED) is 0.433. The minimum atomic E-state index is -0.590. The van der Waals surface area contributed by atoms with Crippen molar-refractivity contribution in [3.05, 3.63) is 0 Å². The second-order valence-electron chi connectivity index (χ2n) is 16.2. The number of ketones is 2. The van der Waals surface area contributed by atoms with Gasteiger partial charge in [0, 0.05) is 12.3 Å². The van der Waals surface area contributed by atoms with E-state index in [1.807, 2.05) is 0 Å². The highest BCUT2D eigenvalue weighted by Gasteiger charge is 2.72. The van der Waals surface area contributed by atoms with Crippen molar-refractivity contribution in [3.63, 3.8) is 0 Å². The minimum absolute atomic E-state index is 0.0534. The smallest absolute Gasteiger partial charge is 0.204 e. The fourth-order valence-corrected chi connectivity index (χ4v) is 11.8. The number of Topliss-reactive ketones (excluding diaryl/α,β-unsaturated/α-hetero) is 2. The Labute approximate surface area is 219 Å². The third-order valence-electron chi connectivity index (χ3n) is 14.0. The van der Waals surface area contributed by atoms with Crippen molar-refractivity contribution in [2.24, 2.45) is 56.2 Å². The summed E-state index contributed by atoms with van der Waals surface area (Å²) in [7, 11) is 0. The predicted molar refractivity (Wildman–Crippen MR) is 142 cm³/mol. The van der Waals surface area contributed by atoms with E-state index in [9.17, 15) is 19.8 Å². The Kier molecular flexibility index (Phi) is 5.89. The van der Waals surface area contributed by atoms with Crippen molar-refractivity contribution in [2.45, 2.75) is 132 Å². The van der Waals surface area contributed by atoms with Crippen LogP contribution in [-0.4, -0.2) is 34.0 Å². The monoisotopic (exact) mass is 500 g/mol. The highest BCUT2D eigenvalue weighted by atomic mass is 16.3. The summed E-state index contributed by atoms with van der Waals surface area (Å²) in [5.74, 6) is 0.517. The second kappa shape index (κ2) is 7.90. The lowest BCUT2D eigenvalue weighted by Crippen LogP contribution is -2.70. The molecule has 0 aliphatic heterocycles. The number of aliphatic hydroxyl groups is 2. The molecule has 2 unspecified atom stereocenters. The molecular formula is C32H52O4. The van der Waals surface area contributed by atoms with Crippen LogP contribution < -0.4 is 0 Å². The first kappa shape index (κ1) is 26.9. The first-order chi connectivity index (χ1) is 16.5. The zero-order chi connectivity index (χ0) is 26.7. The summed E-state index contributed by atoms with van der Waals surface area (Å²) in [6.45, 7) is 18.0. The molecule has 0 amide bonds. The van der Waals surface area contributed by atoms with Gasteiger partial charge in [-0.25, -0.2) is 0 Å². The van der Waals surface area contributed by atoms with Gasteiger partial charge in [0.2, 0.25) is 5.78 Å². The number of rotatable bonds is 2. The molecular weight excluding hydrogens is 448 g/mol. The van der Waals surface area contributed by atoms with E-state index < -0.39 is 11.5 Å². The first-order valence-electron chi connectivity index (χ1n) is 14.9. The number of aliphatic hydroxyl groups excluding tert-OH is 2. The Balaban J connectivity index is 1.60. The largest absolute Gasteiger partial charge is 0.393 e. The van der Waals surface area contributed by atoms with E-state index >= 15 is 0 Å². The lowest BCUT2D eigenvalue weighted by molar-refractivity contribution is -0.276. The first-order valence-corrected chi connectivity index (χ1v) is 14.9. The van der Waals surface area contributed by atoms with E-state index in [4.69, 9.17) is 0 Å². The summed E-state index contributed by atoms with van der Waals surface area (Å²) in [5, 5.41) is 23.0.